The lowest BCUT2D eigenvalue weighted by Crippen LogP contribution is -1.89. The highest BCUT2D eigenvalue weighted by Crippen LogP contribution is 2.32. The summed E-state index contributed by atoms with van der Waals surface area (Å²) in [5.74, 6) is 1.91. The second-order valence-electron chi connectivity index (χ2n) is 4.79. The molecule has 0 atom stereocenters. The van der Waals surface area contributed by atoms with Gasteiger partial charge in [0.05, 0.1) is 0 Å². The Morgan fingerprint density at radius 1 is 1.41 bits per heavy atom. The molecule has 0 heterocycles. The average Bonchev–Trinajstić information content (AvgIpc) is 2.23. The van der Waals surface area contributed by atoms with Crippen molar-refractivity contribution < 1.29 is 0 Å². The van der Waals surface area contributed by atoms with Gasteiger partial charge in [-0.15, -0.1) is 11.8 Å². The Morgan fingerprint density at radius 2 is 2.12 bits per heavy atom. The Labute approximate surface area is 114 Å². The summed E-state index contributed by atoms with van der Waals surface area (Å²) in [6, 6.07) is 6.15. The predicted molar refractivity (Wildman–Crippen MR) is 81.8 cm³/mol. The highest BCUT2D eigenvalue weighted by Gasteiger charge is 2.05. The molecule has 0 saturated carbocycles. The molecule has 0 radical (unpaired) electrons. The maximum Gasteiger partial charge on any atom is 0.0492 e. The number of benzene rings is 1. The van der Waals surface area contributed by atoms with Gasteiger partial charge in [0.15, 0.2) is 0 Å². The lowest BCUT2D eigenvalue weighted by Gasteiger charge is -2.09. The second kappa shape index (κ2) is 7.13. The molecule has 0 spiro atoms. The van der Waals surface area contributed by atoms with Crippen molar-refractivity contribution in [2.24, 2.45) is 5.92 Å². The van der Waals surface area contributed by atoms with Crippen LogP contribution in [0.15, 0.2) is 24.8 Å². The summed E-state index contributed by atoms with van der Waals surface area (Å²) in [5, 5.41) is 0.811. The van der Waals surface area contributed by atoms with E-state index in [9.17, 15) is 0 Å². The molecule has 17 heavy (non-hydrogen) atoms. The van der Waals surface area contributed by atoms with Crippen molar-refractivity contribution in [1.29, 1.82) is 0 Å². The first-order valence-electron chi connectivity index (χ1n) is 6.09. The van der Waals surface area contributed by atoms with E-state index >= 15 is 0 Å². The Morgan fingerprint density at radius 3 is 2.71 bits per heavy atom. The minimum absolute atomic E-state index is 0.784. The maximum absolute atomic E-state index is 6.21. The van der Waals surface area contributed by atoms with Gasteiger partial charge in [-0.2, -0.15) is 0 Å². The van der Waals surface area contributed by atoms with Crippen molar-refractivity contribution in [3.63, 3.8) is 0 Å². The highest BCUT2D eigenvalue weighted by atomic mass is 35.5. The van der Waals surface area contributed by atoms with Gasteiger partial charge < -0.3 is 0 Å². The predicted octanol–water partition coefficient (Wildman–Crippen LogP) is 5.79. The molecule has 0 amide bonds. The number of hydrogen-bond acceptors (Lipinski definition) is 1. The zero-order valence-electron chi connectivity index (χ0n) is 10.9. The van der Waals surface area contributed by atoms with Crippen molar-refractivity contribution in [2.45, 2.75) is 33.6 Å². The molecular weight excluding hydrogens is 248 g/mol. The van der Waals surface area contributed by atoms with Gasteiger partial charge in [-0.1, -0.05) is 50.6 Å². The lowest BCUT2D eigenvalue weighted by atomic mass is 10.1. The molecule has 0 aliphatic heterocycles. The van der Waals surface area contributed by atoms with E-state index in [-0.39, 0.29) is 0 Å². The van der Waals surface area contributed by atoms with E-state index in [4.69, 9.17) is 11.6 Å². The summed E-state index contributed by atoms with van der Waals surface area (Å²) < 4.78 is 0. The molecule has 0 fully saturated rings. The molecule has 0 bridgehead atoms. The van der Waals surface area contributed by atoms with Crippen LogP contribution in [0.5, 0.6) is 0 Å². The Kier molecular flexibility index (Phi) is 6.15. The molecule has 1 aromatic rings. The van der Waals surface area contributed by atoms with Crippen LogP contribution in [0, 0.1) is 12.8 Å². The molecule has 0 aliphatic rings. The van der Waals surface area contributed by atoms with E-state index in [0.29, 0.717) is 0 Å². The van der Waals surface area contributed by atoms with Crippen molar-refractivity contribution in [3.05, 3.63) is 40.9 Å². The number of hydrogen-bond donors (Lipinski definition) is 0. The van der Waals surface area contributed by atoms with Gasteiger partial charge in [0.25, 0.3) is 0 Å². The number of aryl methyl sites for hydroxylation is 1. The normalized spacial score (nSPS) is 10.9. The van der Waals surface area contributed by atoms with Crippen molar-refractivity contribution in [2.75, 3.05) is 5.75 Å². The third-order valence-corrected chi connectivity index (χ3v) is 4.00. The van der Waals surface area contributed by atoms with Crippen LogP contribution < -0.4 is 0 Å². The summed E-state index contributed by atoms with van der Waals surface area (Å²) >= 11 is 8.03. The van der Waals surface area contributed by atoms with E-state index in [1.165, 1.54) is 18.4 Å². The van der Waals surface area contributed by atoms with E-state index in [1.807, 2.05) is 24.8 Å². The summed E-state index contributed by atoms with van der Waals surface area (Å²) in [6.45, 7) is 10.7. The standard InChI is InChI=1S/C15H21ClS/c1-11(2)6-5-9-17-13(4)14-8-7-12(3)10-15(14)16/h7-8,10-11H,4-6,9H2,1-3H3. The van der Waals surface area contributed by atoms with Crippen LogP contribution in [0.1, 0.15) is 37.8 Å². The molecule has 1 aromatic carbocycles. The Bertz CT molecular complexity index is 383. The van der Waals surface area contributed by atoms with Crippen molar-refractivity contribution in [1.82, 2.24) is 0 Å². The van der Waals surface area contributed by atoms with Crippen LogP contribution >= 0.6 is 23.4 Å². The van der Waals surface area contributed by atoms with Crippen LogP contribution in [-0.2, 0) is 0 Å². The van der Waals surface area contributed by atoms with Gasteiger partial charge in [-0.05, 0) is 36.6 Å². The fraction of sp³-hybridized carbons (Fsp3) is 0.467. The molecule has 94 valence electrons. The van der Waals surface area contributed by atoms with Gasteiger partial charge in [0, 0.05) is 15.5 Å². The molecule has 0 saturated heterocycles. The largest absolute Gasteiger partial charge is 0.126 e. The van der Waals surface area contributed by atoms with Crippen LogP contribution in [0.3, 0.4) is 0 Å². The van der Waals surface area contributed by atoms with Crippen molar-refractivity contribution in [3.8, 4) is 0 Å². The van der Waals surface area contributed by atoms with Gasteiger partial charge in [0.1, 0.15) is 0 Å². The molecule has 2 heteroatoms. The third kappa shape index (κ3) is 5.18. The third-order valence-electron chi connectivity index (χ3n) is 2.63. The minimum atomic E-state index is 0.784. The van der Waals surface area contributed by atoms with Crippen LogP contribution in [0.2, 0.25) is 5.02 Å². The zero-order valence-corrected chi connectivity index (χ0v) is 12.5. The first-order valence-corrected chi connectivity index (χ1v) is 7.45. The van der Waals surface area contributed by atoms with Gasteiger partial charge in [-0.25, -0.2) is 0 Å². The fourth-order valence-corrected chi connectivity index (χ4v) is 2.91. The molecule has 0 N–H and O–H groups in total. The van der Waals surface area contributed by atoms with E-state index in [2.05, 4.69) is 32.6 Å². The highest BCUT2D eigenvalue weighted by molar-refractivity contribution is 8.08. The fourth-order valence-electron chi connectivity index (χ4n) is 1.61. The summed E-state index contributed by atoms with van der Waals surface area (Å²) in [4.78, 5) is 1.08. The first-order chi connectivity index (χ1) is 8.00. The van der Waals surface area contributed by atoms with E-state index in [1.54, 1.807) is 0 Å². The smallest absolute Gasteiger partial charge is 0.0492 e. The Hall–Kier alpha value is -0.400. The van der Waals surface area contributed by atoms with E-state index < -0.39 is 0 Å². The van der Waals surface area contributed by atoms with Crippen LogP contribution in [0.25, 0.3) is 4.91 Å². The first kappa shape index (κ1) is 14.7. The Balaban J connectivity index is 2.47. The second-order valence-corrected chi connectivity index (χ2v) is 6.39. The molecular formula is C15H21ClS. The maximum atomic E-state index is 6.21. The van der Waals surface area contributed by atoms with Crippen LogP contribution in [-0.4, -0.2) is 5.75 Å². The lowest BCUT2D eigenvalue weighted by molar-refractivity contribution is 0.579. The van der Waals surface area contributed by atoms with Gasteiger partial charge in [0.2, 0.25) is 0 Å². The SMILES string of the molecule is C=C(SCCCC(C)C)c1ccc(C)cc1Cl. The summed E-state index contributed by atoms with van der Waals surface area (Å²) in [5.41, 5.74) is 2.27. The monoisotopic (exact) mass is 268 g/mol. The van der Waals surface area contributed by atoms with Gasteiger partial charge >= 0.3 is 0 Å². The van der Waals surface area contributed by atoms with E-state index in [0.717, 1.165) is 27.2 Å². The number of thioether (sulfide) groups is 1. The number of rotatable bonds is 6. The zero-order chi connectivity index (χ0) is 12.8. The van der Waals surface area contributed by atoms with Gasteiger partial charge in [-0.3, -0.25) is 0 Å². The summed E-state index contributed by atoms with van der Waals surface area (Å²) in [6.07, 6.45) is 2.52. The molecule has 0 aromatic heterocycles. The number of halogens is 1. The van der Waals surface area contributed by atoms with Crippen LogP contribution in [0.4, 0.5) is 0 Å². The quantitative estimate of drug-likeness (QED) is 0.589. The molecule has 1 rings (SSSR count). The van der Waals surface area contributed by atoms with Crippen molar-refractivity contribution >= 4 is 28.3 Å². The average molecular weight is 269 g/mol. The summed E-state index contributed by atoms with van der Waals surface area (Å²) in [7, 11) is 0. The minimum Gasteiger partial charge on any atom is -0.126 e. The molecule has 0 aliphatic carbocycles. The molecule has 0 unspecified atom stereocenters. The molecule has 0 nitrogen and oxygen atoms in total. The topological polar surface area (TPSA) is 0 Å².